The van der Waals surface area contributed by atoms with E-state index in [0.717, 1.165) is 19.6 Å². The molecule has 0 aromatic heterocycles. The molecule has 0 aliphatic carbocycles. The van der Waals surface area contributed by atoms with E-state index in [1.54, 1.807) is 12.1 Å². The second-order valence-corrected chi connectivity index (χ2v) is 5.48. The van der Waals surface area contributed by atoms with Gasteiger partial charge in [-0.1, -0.05) is 19.1 Å². The van der Waals surface area contributed by atoms with Crippen LogP contribution >= 0.6 is 0 Å². The molecule has 2 nitrogen and oxygen atoms in total. The summed E-state index contributed by atoms with van der Waals surface area (Å²) in [6, 6.07) is 7.19. The quantitative estimate of drug-likeness (QED) is 0.894. The first-order valence-corrected chi connectivity index (χ1v) is 6.81. The maximum Gasteiger partial charge on any atom is 0.123 e. The summed E-state index contributed by atoms with van der Waals surface area (Å²) in [4.78, 5) is 2.46. The van der Waals surface area contributed by atoms with E-state index in [1.807, 2.05) is 12.1 Å². The summed E-state index contributed by atoms with van der Waals surface area (Å²) in [6.07, 6.45) is 1.20. The number of hydrogen-bond donors (Lipinski definition) is 1. The molecule has 0 spiro atoms. The SMILES string of the molecule is CC1CCN(C(C)c2ccc(F)cc2)CC1CN. The molecule has 1 saturated heterocycles. The van der Waals surface area contributed by atoms with Crippen LogP contribution in [0.5, 0.6) is 0 Å². The second kappa shape index (κ2) is 5.81. The molecule has 1 aliphatic heterocycles. The molecule has 0 bridgehead atoms. The van der Waals surface area contributed by atoms with Crippen LogP contribution in [-0.4, -0.2) is 24.5 Å². The summed E-state index contributed by atoms with van der Waals surface area (Å²) in [6.45, 7) is 7.40. The maximum absolute atomic E-state index is 12.9. The molecule has 0 amide bonds. The minimum absolute atomic E-state index is 0.168. The fraction of sp³-hybridized carbons (Fsp3) is 0.600. The lowest BCUT2D eigenvalue weighted by atomic mass is 9.86. The monoisotopic (exact) mass is 250 g/mol. The van der Waals surface area contributed by atoms with Crippen molar-refractivity contribution in [2.75, 3.05) is 19.6 Å². The van der Waals surface area contributed by atoms with Crippen LogP contribution in [0.4, 0.5) is 4.39 Å². The lowest BCUT2D eigenvalue weighted by Gasteiger charge is -2.40. The van der Waals surface area contributed by atoms with Crippen molar-refractivity contribution >= 4 is 0 Å². The van der Waals surface area contributed by atoms with Crippen LogP contribution in [-0.2, 0) is 0 Å². The van der Waals surface area contributed by atoms with E-state index in [9.17, 15) is 4.39 Å². The second-order valence-electron chi connectivity index (χ2n) is 5.48. The lowest BCUT2D eigenvalue weighted by molar-refractivity contribution is 0.0978. The molecule has 0 saturated carbocycles. The minimum Gasteiger partial charge on any atom is -0.330 e. The summed E-state index contributed by atoms with van der Waals surface area (Å²) in [5, 5.41) is 0. The Morgan fingerprint density at radius 2 is 2.06 bits per heavy atom. The Labute approximate surface area is 109 Å². The summed E-state index contributed by atoms with van der Waals surface area (Å²) in [5.74, 6) is 1.13. The van der Waals surface area contributed by atoms with Gasteiger partial charge in [-0.2, -0.15) is 0 Å². The predicted molar refractivity (Wildman–Crippen MR) is 72.7 cm³/mol. The average molecular weight is 250 g/mol. The maximum atomic E-state index is 12.9. The van der Waals surface area contributed by atoms with Crippen molar-refractivity contribution in [2.45, 2.75) is 26.3 Å². The molecule has 1 heterocycles. The lowest BCUT2D eigenvalue weighted by Crippen LogP contribution is -2.43. The van der Waals surface area contributed by atoms with Gasteiger partial charge in [-0.25, -0.2) is 4.39 Å². The molecule has 100 valence electrons. The van der Waals surface area contributed by atoms with E-state index in [1.165, 1.54) is 12.0 Å². The molecule has 18 heavy (non-hydrogen) atoms. The van der Waals surface area contributed by atoms with Crippen LogP contribution in [0, 0.1) is 17.7 Å². The first-order chi connectivity index (χ1) is 8.61. The fourth-order valence-corrected chi connectivity index (χ4v) is 2.79. The highest BCUT2D eigenvalue weighted by Crippen LogP contribution is 2.29. The zero-order valence-corrected chi connectivity index (χ0v) is 11.3. The molecule has 1 aromatic rings. The largest absolute Gasteiger partial charge is 0.330 e. The summed E-state index contributed by atoms with van der Waals surface area (Å²) < 4.78 is 12.9. The van der Waals surface area contributed by atoms with Crippen molar-refractivity contribution in [1.82, 2.24) is 4.90 Å². The van der Waals surface area contributed by atoms with Gasteiger partial charge >= 0.3 is 0 Å². The summed E-state index contributed by atoms with van der Waals surface area (Å²) in [5.41, 5.74) is 7.02. The van der Waals surface area contributed by atoms with Gasteiger partial charge in [0.1, 0.15) is 5.82 Å². The minimum atomic E-state index is -0.168. The molecule has 1 aromatic carbocycles. The summed E-state index contributed by atoms with van der Waals surface area (Å²) in [7, 11) is 0. The third kappa shape index (κ3) is 2.90. The van der Waals surface area contributed by atoms with Crippen LogP contribution in [0.3, 0.4) is 0 Å². The Hall–Kier alpha value is -0.930. The molecule has 3 unspecified atom stereocenters. The molecule has 2 rings (SSSR count). The zero-order valence-electron chi connectivity index (χ0n) is 11.3. The van der Waals surface area contributed by atoms with Crippen LogP contribution in [0.15, 0.2) is 24.3 Å². The number of nitrogens with two attached hydrogens (primary N) is 1. The van der Waals surface area contributed by atoms with Crippen molar-refractivity contribution in [2.24, 2.45) is 17.6 Å². The third-order valence-electron chi connectivity index (χ3n) is 4.35. The van der Waals surface area contributed by atoms with Crippen LogP contribution < -0.4 is 5.73 Å². The van der Waals surface area contributed by atoms with Crippen molar-refractivity contribution in [3.63, 3.8) is 0 Å². The van der Waals surface area contributed by atoms with Gasteiger partial charge in [-0.15, -0.1) is 0 Å². The number of hydrogen-bond acceptors (Lipinski definition) is 2. The molecule has 3 atom stereocenters. The van der Waals surface area contributed by atoms with Crippen molar-refractivity contribution in [3.8, 4) is 0 Å². The normalized spacial score (nSPS) is 27.1. The van der Waals surface area contributed by atoms with Gasteiger partial charge < -0.3 is 5.73 Å². The standard InChI is InChI=1S/C15H23FN2/c1-11-7-8-18(10-14(11)9-17)12(2)13-3-5-15(16)6-4-13/h3-6,11-12,14H,7-10,17H2,1-2H3. The van der Waals surface area contributed by atoms with E-state index >= 15 is 0 Å². The van der Waals surface area contributed by atoms with E-state index in [-0.39, 0.29) is 5.82 Å². The number of halogens is 1. The van der Waals surface area contributed by atoms with Gasteiger partial charge in [0.2, 0.25) is 0 Å². The molecular weight excluding hydrogens is 227 g/mol. The molecule has 0 radical (unpaired) electrons. The van der Waals surface area contributed by atoms with Crippen molar-refractivity contribution < 1.29 is 4.39 Å². The number of rotatable bonds is 3. The third-order valence-corrected chi connectivity index (χ3v) is 4.35. The number of benzene rings is 1. The van der Waals surface area contributed by atoms with Gasteiger partial charge in [-0.3, -0.25) is 4.90 Å². The van der Waals surface area contributed by atoms with Gasteiger partial charge in [-0.05, 0) is 56.0 Å². The van der Waals surface area contributed by atoms with Gasteiger partial charge in [0.25, 0.3) is 0 Å². The van der Waals surface area contributed by atoms with Gasteiger partial charge in [0, 0.05) is 12.6 Å². The number of piperidine rings is 1. The Balaban J connectivity index is 2.05. The first-order valence-electron chi connectivity index (χ1n) is 6.81. The Morgan fingerprint density at radius 1 is 1.39 bits per heavy atom. The highest BCUT2D eigenvalue weighted by molar-refractivity contribution is 5.19. The van der Waals surface area contributed by atoms with E-state index in [0.29, 0.717) is 17.9 Å². The smallest absolute Gasteiger partial charge is 0.123 e. The van der Waals surface area contributed by atoms with Gasteiger partial charge in [0.15, 0.2) is 0 Å². The predicted octanol–water partition coefficient (Wildman–Crippen LogP) is 2.80. The highest BCUT2D eigenvalue weighted by Gasteiger charge is 2.28. The van der Waals surface area contributed by atoms with E-state index < -0.39 is 0 Å². The van der Waals surface area contributed by atoms with Crippen molar-refractivity contribution in [1.29, 1.82) is 0 Å². The summed E-state index contributed by atoms with van der Waals surface area (Å²) >= 11 is 0. The van der Waals surface area contributed by atoms with Gasteiger partial charge in [0.05, 0.1) is 0 Å². The molecule has 1 aliphatic rings. The molecule has 3 heteroatoms. The van der Waals surface area contributed by atoms with Crippen LogP contribution in [0.25, 0.3) is 0 Å². The molecular formula is C15H23FN2. The number of likely N-dealkylation sites (tertiary alicyclic amines) is 1. The fourth-order valence-electron chi connectivity index (χ4n) is 2.79. The zero-order chi connectivity index (χ0) is 13.1. The average Bonchev–Trinajstić information content (AvgIpc) is 2.39. The first kappa shape index (κ1) is 13.5. The highest BCUT2D eigenvalue weighted by atomic mass is 19.1. The Bertz CT molecular complexity index is 377. The molecule has 1 fully saturated rings. The topological polar surface area (TPSA) is 29.3 Å². The van der Waals surface area contributed by atoms with E-state index in [4.69, 9.17) is 5.73 Å². The Morgan fingerprint density at radius 3 is 2.67 bits per heavy atom. The van der Waals surface area contributed by atoms with Crippen molar-refractivity contribution in [3.05, 3.63) is 35.6 Å². The van der Waals surface area contributed by atoms with E-state index in [2.05, 4.69) is 18.7 Å². The van der Waals surface area contributed by atoms with Crippen LogP contribution in [0.1, 0.15) is 31.9 Å². The van der Waals surface area contributed by atoms with Crippen LogP contribution in [0.2, 0.25) is 0 Å². The molecule has 2 N–H and O–H groups in total. The number of nitrogens with zero attached hydrogens (tertiary/aromatic N) is 1. The Kier molecular flexibility index (Phi) is 4.36.